The molecule has 0 aliphatic carbocycles. The van der Waals surface area contributed by atoms with Gasteiger partial charge in [-0.2, -0.15) is 0 Å². The topological polar surface area (TPSA) is 120 Å². The van der Waals surface area contributed by atoms with E-state index in [1.54, 1.807) is 18.2 Å². The van der Waals surface area contributed by atoms with E-state index in [0.29, 0.717) is 11.4 Å². The molecule has 0 atom stereocenters. The minimum Gasteiger partial charge on any atom is -0.484 e. The van der Waals surface area contributed by atoms with Crippen LogP contribution >= 0.6 is 0 Å². The highest BCUT2D eigenvalue weighted by molar-refractivity contribution is 7.89. The molecular weight excluding hydrogens is 400 g/mol. The zero-order valence-corrected chi connectivity index (χ0v) is 16.8. The summed E-state index contributed by atoms with van der Waals surface area (Å²) in [6.07, 6.45) is 0. The number of esters is 1. The molecule has 0 aromatic heterocycles. The van der Waals surface area contributed by atoms with Crippen molar-refractivity contribution in [2.24, 2.45) is 0 Å². The molecule has 1 amide bonds. The number of hydrogen-bond acceptors (Lipinski definition) is 7. The van der Waals surface area contributed by atoms with E-state index < -0.39 is 21.9 Å². The summed E-state index contributed by atoms with van der Waals surface area (Å²) in [4.78, 5) is 23.9. The van der Waals surface area contributed by atoms with Gasteiger partial charge in [-0.15, -0.1) is 0 Å². The molecule has 2 N–H and O–H groups in total. The van der Waals surface area contributed by atoms with E-state index in [2.05, 4.69) is 14.8 Å². The van der Waals surface area contributed by atoms with Gasteiger partial charge in [0, 0.05) is 13.7 Å². The Labute approximate surface area is 169 Å². The highest BCUT2D eigenvalue weighted by Gasteiger charge is 2.15. The average molecular weight is 422 g/mol. The molecule has 2 aromatic carbocycles. The number of benzene rings is 2. The second kappa shape index (κ2) is 10.6. The smallest absolute Gasteiger partial charge is 0.339 e. The second-order valence-electron chi connectivity index (χ2n) is 5.74. The van der Waals surface area contributed by atoms with Gasteiger partial charge in [0.25, 0.3) is 5.91 Å². The lowest BCUT2D eigenvalue weighted by atomic mass is 10.2. The first-order valence-corrected chi connectivity index (χ1v) is 10.0. The zero-order chi connectivity index (χ0) is 21.3. The fraction of sp³-hybridized carbons (Fsp3) is 0.263. The molecule has 9 nitrogen and oxygen atoms in total. The number of ether oxygens (including phenoxy) is 3. The van der Waals surface area contributed by atoms with Gasteiger partial charge in [-0.1, -0.05) is 12.1 Å². The first-order valence-electron chi connectivity index (χ1n) is 8.56. The summed E-state index contributed by atoms with van der Waals surface area (Å²) in [6.45, 7) is 0.0899. The molecule has 29 heavy (non-hydrogen) atoms. The molecule has 2 rings (SSSR count). The molecule has 0 saturated carbocycles. The second-order valence-corrected chi connectivity index (χ2v) is 7.50. The normalized spacial score (nSPS) is 11.0. The van der Waals surface area contributed by atoms with Crippen molar-refractivity contribution in [3.63, 3.8) is 0 Å². The third-order valence-electron chi connectivity index (χ3n) is 3.71. The Balaban J connectivity index is 1.94. The van der Waals surface area contributed by atoms with E-state index in [0.717, 1.165) is 0 Å². The highest BCUT2D eigenvalue weighted by Crippen LogP contribution is 2.18. The number of anilines is 1. The third-order valence-corrected chi connectivity index (χ3v) is 5.19. The minimum atomic E-state index is -3.65. The van der Waals surface area contributed by atoms with Crippen molar-refractivity contribution in [3.05, 3.63) is 54.1 Å². The molecule has 0 unspecified atom stereocenters. The van der Waals surface area contributed by atoms with Crippen LogP contribution in [0, 0.1) is 0 Å². The largest absolute Gasteiger partial charge is 0.484 e. The van der Waals surface area contributed by atoms with Crippen LogP contribution in [0.2, 0.25) is 0 Å². The van der Waals surface area contributed by atoms with Crippen LogP contribution in [-0.4, -0.2) is 54.3 Å². The molecule has 0 saturated heterocycles. The predicted molar refractivity (Wildman–Crippen MR) is 105 cm³/mol. The van der Waals surface area contributed by atoms with Crippen LogP contribution in [0.25, 0.3) is 0 Å². The maximum atomic E-state index is 12.1. The summed E-state index contributed by atoms with van der Waals surface area (Å²) in [5.74, 6) is -0.741. The minimum absolute atomic E-state index is 0.0670. The summed E-state index contributed by atoms with van der Waals surface area (Å²) in [5, 5.41) is 2.58. The maximum Gasteiger partial charge on any atom is 0.339 e. The van der Waals surface area contributed by atoms with Crippen molar-refractivity contribution in [2.45, 2.75) is 4.90 Å². The number of sulfonamides is 1. The fourth-order valence-corrected chi connectivity index (χ4v) is 3.30. The molecule has 2 aromatic rings. The third kappa shape index (κ3) is 6.56. The SMILES string of the molecule is COCCNS(=O)(=O)c1ccc(OCC(=O)Nc2ccccc2C(=O)OC)cc1. The lowest BCUT2D eigenvalue weighted by molar-refractivity contribution is -0.118. The van der Waals surface area contributed by atoms with E-state index in [9.17, 15) is 18.0 Å². The summed E-state index contributed by atoms with van der Waals surface area (Å²) in [7, 11) is -0.918. The van der Waals surface area contributed by atoms with E-state index >= 15 is 0 Å². The van der Waals surface area contributed by atoms with Gasteiger partial charge in [0.15, 0.2) is 6.61 Å². The molecule has 0 spiro atoms. The van der Waals surface area contributed by atoms with Gasteiger partial charge >= 0.3 is 5.97 Å². The van der Waals surface area contributed by atoms with Crippen LogP contribution in [-0.2, 0) is 24.3 Å². The molecule has 10 heteroatoms. The van der Waals surface area contributed by atoms with Gasteiger partial charge in [0.1, 0.15) is 5.75 Å². The summed E-state index contributed by atoms with van der Waals surface area (Å²) < 4.78 is 41.4. The number of carbonyl (C=O) groups is 2. The van der Waals surface area contributed by atoms with Gasteiger partial charge in [0.2, 0.25) is 10.0 Å². The number of para-hydroxylation sites is 1. The van der Waals surface area contributed by atoms with Crippen LogP contribution < -0.4 is 14.8 Å². The molecule has 0 aliphatic rings. The quantitative estimate of drug-likeness (QED) is 0.439. The van der Waals surface area contributed by atoms with Crippen molar-refractivity contribution in [2.75, 3.05) is 39.3 Å². The Bertz CT molecular complexity index is 943. The Kier molecular flexibility index (Phi) is 8.13. The fourth-order valence-electron chi connectivity index (χ4n) is 2.29. The van der Waals surface area contributed by atoms with Crippen molar-refractivity contribution < 1.29 is 32.2 Å². The number of amides is 1. The summed E-state index contributed by atoms with van der Waals surface area (Å²) in [5.41, 5.74) is 0.524. The van der Waals surface area contributed by atoms with Crippen molar-refractivity contribution >= 4 is 27.6 Å². The van der Waals surface area contributed by atoms with Crippen LogP contribution in [0.15, 0.2) is 53.4 Å². The number of methoxy groups -OCH3 is 2. The van der Waals surface area contributed by atoms with E-state index in [1.807, 2.05) is 0 Å². The molecule has 0 heterocycles. The lowest BCUT2D eigenvalue weighted by Gasteiger charge is -2.11. The van der Waals surface area contributed by atoms with E-state index in [-0.39, 0.29) is 30.2 Å². The molecular formula is C19H22N2O7S. The summed E-state index contributed by atoms with van der Waals surface area (Å²) >= 11 is 0. The van der Waals surface area contributed by atoms with Crippen LogP contribution in [0.5, 0.6) is 5.75 Å². The molecule has 156 valence electrons. The van der Waals surface area contributed by atoms with Crippen LogP contribution in [0.4, 0.5) is 5.69 Å². The van der Waals surface area contributed by atoms with Gasteiger partial charge in [-0.3, -0.25) is 4.79 Å². The van der Waals surface area contributed by atoms with E-state index in [4.69, 9.17) is 9.47 Å². The van der Waals surface area contributed by atoms with Crippen molar-refractivity contribution in [1.29, 1.82) is 0 Å². The monoisotopic (exact) mass is 422 g/mol. The molecule has 0 radical (unpaired) electrons. The van der Waals surface area contributed by atoms with E-state index in [1.165, 1.54) is 44.6 Å². The average Bonchev–Trinajstić information content (AvgIpc) is 2.72. The maximum absolute atomic E-state index is 12.1. The number of hydrogen-bond donors (Lipinski definition) is 2. The molecule has 0 aliphatic heterocycles. The van der Waals surface area contributed by atoms with Crippen molar-refractivity contribution in [1.82, 2.24) is 4.72 Å². The molecule has 0 fully saturated rings. The van der Waals surface area contributed by atoms with Gasteiger partial charge < -0.3 is 19.5 Å². The number of carbonyl (C=O) groups excluding carboxylic acids is 2. The highest BCUT2D eigenvalue weighted by atomic mass is 32.2. The Morgan fingerprint density at radius 2 is 1.69 bits per heavy atom. The first kappa shape index (κ1) is 22.3. The van der Waals surface area contributed by atoms with Crippen LogP contribution in [0.3, 0.4) is 0 Å². The van der Waals surface area contributed by atoms with Gasteiger partial charge in [-0.25, -0.2) is 17.9 Å². The lowest BCUT2D eigenvalue weighted by Crippen LogP contribution is -2.27. The summed E-state index contributed by atoms with van der Waals surface area (Å²) in [6, 6.07) is 12.0. The van der Waals surface area contributed by atoms with Crippen molar-refractivity contribution in [3.8, 4) is 5.75 Å². The first-order chi connectivity index (χ1) is 13.9. The predicted octanol–water partition coefficient (Wildman–Crippen LogP) is 1.42. The zero-order valence-electron chi connectivity index (χ0n) is 16.0. The van der Waals surface area contributed by atoms with Gasteiger partial charge in [0.05, 0.1) is 29.9 Å². The number of nitrogens with one attached hydrogen (secondary N) is 2. The van der Waals surface area contributed by atoms with Gasteiger partial charge in [-0.05, 0) is 36.4 Å². The Hall–Kier alpha value is -2.95. The van der Waals surface area contributed by atoms with Crippen LogP contribution in [0.1, 0.15) is 10.4 Å². The Morgan fingerprint density at radius 3 is 2.34 bits per heavy atom. The Morgan fingerprint density at radius 1 is 1.00 bits per heavy atom. The molecule has 0 bridgehead atoms. The standard InChI is InChI=1S/C19H22N2O7S/c1-26-12-11-20-29(24,25)15-9-7-14(8-10-15)28-13-18(22)21-17-6-4-3-5-16(17)19(23)27-2/h3-10,20H,11-13H2,1-2H3,(H,21,22). The number of rotatable bonds is 10.